The molecule has 2 aromatic rings. The maximum absolute atomic E-state index is 12.4. The van der Waals surface area contributed by atoms with Gasteiger partial charge >= 0.3 is 5.97 Å². The molecule has 1 heterocycles. The molecule has 0 saturated carbocycles. The molecule has 0 aliphatic heterocycles. The average molecular weight is 323 g/mol. The summed E-state index contributed by atoms with van der Waals surface area (Å²) in [5.74, 6) is -1.19. The lowest BCUT2D eigenvalue weighted by Gasteiger charge is -2.12. The van der Waals surface area contributed by atoms with Gasteiger partial charge in [0.25, 0.3) is 10.0 Å². The number of hydrogen-bond donors (Lipinski definition) is 2. The van der Waals surface area contributed by atoms with E-state index >= 15 is 0 Å². The van der Waals surface area contributed by atoms with Crippen molar-refractivity contribution in [3.05, 3.63) is 40.7 Å². The summed E-state index contributed by atoms with van der Waals surface area (Å²) in [6, 6.07) is 2.97. The molecule has 0 unspecified atom stereocenters. The lowest BCUT2D eigenvalue weighted by molar-refractivity contribution is 0.0698. The van der Waals surface area contributed by atoms with Crippen molar-refractivity contribution in [3.8, 4) is 0 Å². The van der Waals surface area contributed by atoms with Crippen molar-refractivity contribution in [2.24, 2.45) is 7.05 Å². The van der Waals surface area contributed by atoms with Crippen LogP contribution in [0.5, 0.6) is 0 Å². The van der Waals surface area contributed by atoms with Crippen LogP contribution in [0.15, 0.2) is 23.2 Å². The minimum absolute atomic E-state index is 0.0181. The fourth-order valence-electron chi connectivity index (χ4n) is 2.12. The monoisotopic (exact) mass is 323 g/mol. The Morgan fingerprint density at radius 1 is 1.23 bits per heavy atom. The first-order valence-corrected chi connectivity index (χ1v) is 7.97. The molecule has 0 atom stereocenters. The molecular formula is C14H17N3O4S. The van der Waals surface area contributed by atoms with Crippen molar-refractivity contribution in [1.29, 1.82) is 0 Å². The first-order chi connectivity index (χ1) is 10.1. The van der Waals surface area contributed by atoms with Gasteiger partial charge in [-0.3, -0.25) is 9.40 Å². The van der Waals surface area contributed by atoms with Crippen LogP contribution in [0.3, 0.4) is 0 Å². The summed E-state index contributed by atoms with van der Waals surface area (Å²) < 4.78 is 28.6. The first-order valence-electron chi connectivity index (χ1n) is 6.49. The Morgan fingerprint density at radius 2 is 1.82 bits per heavy atom. The predicted octanol–water partition coefficient (Wildman–Crippen LogP) is 1.84. The Bertz CT molecular complexity index is 853. The summed E-state index contributed by atoms with van der Waals surface area (Å²) in [6.45, 7) is 5.13. The molecule has 0 aliphatic carbocycles. The quantitative estimate of drug-likeness (QED) is 0.894. The van der Waals surface area contributed by atoms with Crippen LogP contribution in [-0.4, -0.2) is 29.3 Å². The van der Waals surface area contributed by atoms with E-state index in [9.17, 15) is 18.3 Å². The van der Waals surface area contributed by atoms with E-state index in [1.165, 1.54) is 23.0 Å². The zero-order valence-corrected chi connectivity index (χ0v) is 13.5. The zero-order valence-electron chi connectivity index (χ0n) is 12.7. The van der Waals surface area contributed by atoms with Gasteiger partial charge in [-0.25, -0.2) is 13.2 Å². The fraction of sp³-hybridized carbons (Fsp3) is 0.286. The minimum atomic E-state index is -3.91. The van der Waals surface area contributed by atoms with Crippen LogP contribution in [0.1, 0.15) is 27.2 Å². The van der Waals surface area contributed by atoms with Gasteiger partial charge < -0.3 is 5.11 Å². The Balaban J connectivity index is 2.52. The van der Waals surface area contributed by atoms with E-state index in [-0.39, 0.29) is 16.1 Å². The second-order valence-electron chi connectivity index (χ2n) is 5.15. The molecule has 7 nitrogen and oxygen atoms in total. The molecule has 8 heteroatoms. The molecule has 2 N–H and O–H groups in total. The number of sulfonamides is 1. The van der Waals surface area contributed by atoms with Crippen molar-refractivity contribution in [2.75, 3.05) is 4.72 Å². The predicted molar refractivity (Wildman–Crippen MR) is 81.6 cm³/mol. The topological polar surface area (TPSA) is 101 Å². The number of aryl methyl sites for hydroxylation is 4. The largest absolute Gasteiger partial charge is 0.478 e. The Morgan fingerprint density at radius 3 is 2.32 bits per heavy atom. The van der Waals surface area contributed by atoms with Gasteiger partial charge in [-0.05, 0) is 44.0 Å². The second-order valence-corrected chi connectivity index (χ2v) is 6.80. The molecule has 0 amide bonds. The van der Waals surface area contributed by atoms with E-state index in [2.05, 4.69) is 9.82 Å². The molecule has 0 aliphatic rings. The van der Waals surface area contributed by atoms with Gasteiger partial charge in [-0.15, -0.1) is 0 Å². The molecule has 0 fully saturated rings. The Labute approximate surface area is 128 Å². The number of carboxylic acid groups (broad SMARTS) is 1. The SMILES string of the molecule is Cc1cc(NS(=O)(=O)c2cn(C)nc2C)c(C(=O)O)cc1C. The maximum Gasteiger partial charge on any atom is 0.337 e. The molecule has 1 aromatic carbocycles. The third kappa shape index (κ3) is 2.96. The number of carbonyl (C=O) groups is 1. The highest BCUT2D eigenvalue weighted by molar-refractivity contribution is 7.92. The van der Waals surface area contributed by atoms with Crippen LogP contribution in [0, 0.1) is 20.8 Å². The van der Waals surface area contributed by atoms with Gasteiger partial charge in [0, 0.05) is 13.2 Å². The molecule has 0 spiro atoms. The van der Waals surface area contributed by atoms with Gasteiger partial charge in [0.2, 0.25) is 0 Å². The van der Waals surface area contributed by atoms with Crippen molar-refractivity contribution < 1.29 is 18.3 Å². The summed E-state index contributed by atoms with van der Waals surface area (Å²) >= 11 is 0. The summed E-state index contributed by atoms with van der Waals surface area (Å²) in [5.41, 5.74) is 1.87. The van der Waals surface area contributed by atoms with Gasteiger partial charge in [0.1, 0.15) is 4.90 Å². The fourth-order valence-corrected chi connectivity index (χ4v) is 3.41. The maximum atomic E-state index is 12.4. The summed E-state index contributed by atoms with van der Waals surface area (Å²) in [7, 11) is -2.29. The average Bonchev–Trinajstić information content (AvgIpc) is 2.73. The molecule has 2 rings (SSSR count). The number of hydrogen-bond acceptors (Lipinski definition) is 4. The van der Waals surface area contributed by atoms with Crippen LogP contribution in [0.4, 0.5) is 5.69 Å². The molecule has 0 bridgehead atoms. The minimum Gasteiger partial charge on any atom is -0.478 e. The van der Waals surface area contributed by atoms with Crippen LogP contribution < -0.4 is 4.72 Å². The van der Waals surface area contributed by atoms with Crippen molar-refractivity contribution >= 4 is 21.7 Å². The molecule has 0 radical (unpaired) electrons. The molecule has 0 saturated heterocycles. The van der Waals surface area contributed by atoms with Crippen molar-refractivity contribution in [2.45, 2.75) is 25.7 Å². The van der Waals surface area contributed by atoms with E-state index in [4.69, 9.17) is 0 Å². The third-order valence-corrected chi connectivity index (χ3v) is 4.84. The van der Waals surface area contributed by atoms with E-state index in [0.29, 0.717) is 5.69 Å². The highest BCUT2D eigenvalue weighted by Crippen LogP contribution is 2.25. The van der Waals surface area contributed by atoms with Crippen molar-refractivity contribution in [3.63, 3.8) is 0 Å². The lowest BCUT2D eigenvalue weighted by atomic mass is 10.0. The number of aromatic nitrogens is 2. The van der Waals surface area contributed by atoms with E-state index in [0.717, 1.165) is 11.1 Å². The highest BCUT2D eigenvalue weighted by atomic mass is 32.2. The molecule has 1 aromatic heterocycles. The Hall–Kier alpha value is -2.35. The number of anilines is 1. The highest BCUT2D eigenvalue weighted by Gasteiger charge is 2.23. The summed E-state index contributed by atoms with van der Waals surface area (Å²) in [4.78, 5) is 11.3. The number of aromatic carboxylic acids is 1. The van der Waals surface area contributed by atoms with Gasteiger partial charge in [-0.2, -0.15) is 5.10 Å². The number of nitrogens with one attached hydrogen (secondary N) is 1. The van der Waals surface area contributed by atoms with Crippen LogP contribution in [0.25, 0.3) is 0 Å². The van der Waals surface area contributed by atoms with Gasteiger partial charge in [-0.1, -0.05) is 0 Å². The summed E-state index contributed by atoms with van der Waals surface area (Å²) in [6.07, 6.45) is 1.37. The van der Waals surface area contributed by atoms with Gasteiger partial charge in [0.15, 0.2) is 0 Å². The van der Waals surface area contributed by atoms with Crippen LogP contribution >= 0.6 is 0 Å². The lowest BCUT2D eigenvalue weighted by Crippen LogP contribution is -2.16. The van der Waals surface area contributed by atoms with Crippen LogP contribution in [-0.2, 0) is 17.1 Å². The van der Waals surface area contributed by atoms with E-state index in [1.807, 2.05) is 0 Å². The molecule has 118 valence electrons. The van der Waals surface area contributed by atoms with Crippen LogP contribution in [0.2, 0.25) is 0 Å². The summed E-state index contributed by atoms with van der Waals surface area (Å²) in [5, 5.41) is 13.2. The molecular weight excluding hydrogens is 306 g/mol. The van der Waals surface area contributed by atoms with Crippen molar-refractivity contribution in [1.82, 2.24) is 9.78 Å². The standard InChI is InChI=1S/C14H17N3O4S/c1-8-5-11(14(18)19)12(6-9(8)2)16-22(20,21)13-7-17(4)15-10(13)3/h5-7,16H,1-4H3,(H,18,19). The number of nitrogens with zero attached hydrogens (tertiary/aromatic N) is 2. The number of carboxylic acids is 1. The second kappa shape index (κ2) is 5.45. The molecule has 22 heavy (non-hydrogen) atoms. The van der Waals surface area contributed by atoms with E-state index in [1.54, 1.807) is 27.8 Å². The van der Waals surface area contributed by atoms with E-state index < -0.39 is 16.0 Å². The van der Waals surface area contributed by atoms with Gasteiger partial charge in [0.05, 0.1) is 16.9 Å². The first kappa shape index (κ1) is 16.0. The zero-order chi connectivity index (χ0) is 16.7. The normalized spacial score (nSPS) is 11.5. The number of rotatable bonds is 4. The number of benzene rings is 1. The third-order valence-electron chi connectivity index (χ3n) is 3.37. The smallest absolute Gasteiger partial charge is 0.337 e. The Kier molecular flexibility index (Phi) is 3.97.